The summed E-state index contributed by atoms with van der Waals surface area (Å²) in [6, 6.07) is 5.16. The molecule has 1 unspecified atom stereocenters. The molecule has 2 nitrogen and oxygen atoms in total. The molecule has 1 atom stereocenters. The molecule has 0 saturated carbocycles. The van der Waals surface area contributed by atoms with E-state index in [2.05, 4.69) is 5.32 Å². The van der Waals surface area contributed by atoms with Crippen molar-refractivity contribution in [2.75, 3.05) is 19.8 Å². The molecule has 19 heavy (non-hydrogen) atoms. The zero-order chi connectivity index (χ0) is 14.3. The Hall–Kier alpha value is -0.420. The van der Waals surface area contributed by atoms with Gasteiger partial charge in [0.2, 0.25) is 0 Å². The number of halogens is 4. The van der Waals surface area contributed by atoms with Gasteiger partial charge in [-0.25, -0.2) is 8.78 Å². The van der Waals surface area contributed by atoms with Crippen LogP contribution in [-0.4, -0.2) is 26.2 Å². The van der Waals surface area contributed by atoms with Gasteiger partial charge in [0.1, 0.15) is 6.61 Å². The van der Waals surface area contributed by atoms with Crippen molar-refractivity contribution in [3.63, 3.8) is 0 Å². The Labute approximate surface area is 122 Å². The quantitative estimate of drug-likeness (QED) is 0.722. The van der Waals surface area contributed by atoms with E-state index in [4.69, 9.17) is 27.9 Å². The van der Waals surface area contributed by atoms with E-state index in [-0.39, 0.29) is 12.6 Å². The first-order chi connectivity index (χ1) is 9.04. The third-order valence-corrected chi connectivity index (χ3v) is 3.16. The highest BCUT2D eigenvalue weighted by Gasteiger charge is 2.14. The summed E-state index contributed by atoms with van der Waals surface area (Å²) in [4.78, 5) is 0. The van der Waals surface area contributed by atoms with E-state index < -0.39 is 13.0 Å². The van der Waals surface area contributed by atoms with Crippen LogP contribution in [0.1, 0.15) is 24.9 Å². The molecule has 0 saturated heterocycles. The van der Waals surface area contributed by atoms with E-state index in [1.165, 1.54) is 0 Å². The van der Waals surface area contributed by atoms with Crippen LogP contribution < -0.4 is 5.32 Å². The van der Waals surface area contributed by atoms with Gasteiger partial charge in [-0.1, -0.05) is 30.1 Å². The van der Waals surface area contributed by atoms with Crippen LogP contribution in [0.2, 0.25) is 10.0 Å². The van der Waals surface area contributed by atoms with Gasteiger partial charge in [0.25, 0.3) is 6.43 Å². The van der Waals surface area contributed by atoms with Crippen molar-refractivity contribution in [1.82, 2.24) is 5.32 Å². The average molecular weight is 312 g/mol. The molecule has 1 aromatic rings. The number of ether oxygens (including phenoxy) is 1. The van der Waals surface area contributed by atoms with Gasteiger partial charge < -0.3 is 10.1 Å². The van der Waals surface area contributed by atoms with Gasteiger partial charge in [-0.15, -0.1) is 0 Å². The molecule has 0 amide bonds. The third kappa shape index (κ3) is 6.04. The molecule has 0 bridgehead atoms. The van der Waals surface area contributed by atoms with E-state index in [9.17, 15) is 8.78 Å². The van der Waals surface area contributed by atoms with Crippen LogP contribution in [0.3, 0.4) is 0 Å². The molecule has 0 aromatic heterocycles. The Morgan fingerprint density at radius 2 is 2.05 bits per heavy atom. The van der Waals surface area contributed by atoms with Gasteiger partial charge in [0.05, 0.1) is 0 Å². The number of hydrogen-bond donors (Lipinski definition) is 1. The highest BCUT2D eigenvalue weighted by molar-refractivity contribution is 6.33. The monoisotopic (exact) mass is 311 g/mol. The lowest BCUT2D eigenvalue weighted by atomic mass is 10.0. The molecule has 0 aliphatic heterocycles. The predicted octanol–water partition coefficient (Wildman–Crippen LogP) is 4.32. The molecule has 0 aliphatic rings. The van der Waals surface area contributed by atoms with Crippen molar-refractivity contribution >= 4 is 23.2 Å². The van der Waals surface area contributed by atoms with E-state index in [0.29, 0.717) is 16.5 Å². The smallest absolute Gasteiger partial charge is 0.261 e. The van der Waals surface area contributed by atoms with Crippen LogP contribution in [-0.2, 0) is 4.74 Å². The molecular weight excluding hydrogens is 295 g/mol. The highest BCUT2D eigenvalue weighted by atomic mass is 35.5. The van der Waals surface area contributed by atoms with E-state index in [1.54, 1.807) is 18.2 Å². The SMILES string of the molecule is CCNC(CCOCC(F)F)c1cc(Cl)ccc1Cl. The van der Waals surface area contributed by atoms with Crippen molar-refractivity contribution in [1.29, 1.82) is 0 Å². The lowest BCUT2D eigenvalue weighted by Gasteiger charge is -2.20. The van der Waals surface area contributed by atoms with Gasteiger partial charge >= 0.3 is 0 Å². The predicted molar refractivity (Wildman–Crippen MR) is 74.3 cm³/mol. The Balaban J connectivity index is 2.63. The Bertz CT molecular complexity index is 391. The Morgan fingerprint density at radius 3 is 2.68 bits per heavy atom. The molecule has 1 aromatic carbocycles. The largest absolute Gasteiger partial charge is 0.375 e. The molecule has 108 valence electrons. The number of alkyl halides is 2. The molecule has 0 fully saturated rings. The normalized spacial score (nSPS) is 12.9. The minimum atomic E-state index is -2.44. The lowest BCUT2D eigenvalue weighted by molar-refractivity contribution is 0.0144. The number of rotatable bonds is 8. The molecule has 1 rings (SSSR count). The molecule has 6 heteroatoms. The minimum Gasteiger partial charge on any atom is -0.375 e. The molecule has 0 spiro atoms. The lowest BCUT2D eigenvalue weighted by Crippen LogP contribution is -2.23. The third-order valence-electron chi connectivity index (χ3n) is 2.58. The first-order valence-corrected chi connectivity index (χ1v) is 6.84. The first-order valence-electron chi connectivity index (χ1n) is 6.08. The number of hydrogen-bond acceptors (Lipinski definition) is 2. The average Bonchev–Trinajstić information content (AvgIpc) is 2.36. The van der Waals surface area contributed by atoms with Crippen LogP contribution in [0.4, 0.5) is 8.78 Å². The summed E-state index contributed by atoms with van der Waals surface area (Å²) >= 11 is 12.1. The van der Waals surface area contributed by atoms with Crippen molar-refractivity contribution < 1.29 is 13.5 Å². The number of nitrogens with one attached hydrogen (secondary N) is 1. The fourth-order valence-electron chi connectivity index (χ4n) is 1.77. The van der Waals surface area contributed by atoms with Crippen molar-refractivity contribution in [2.24, 2.45) is 0 Å². The van der Waals surface area contributed by atoms with Crippen molar-refractivity contribution in [2.45, 2.75) is 25.8 Å². The summed E-state index contributed by atoms with van der Waals surface area (Å²) in [6.45, 7) is 2.40. The van der Waals surface area contributed by atoms with Crippen LogP contribution in [0, 0.1) is 0 Å². The molecule has 0 aliphatic carbocycles. The minimum absolute atomic E-state index is 0.0612. The molecule has 0 radical (unpaired) electrons. The van der Waals surface area contributed by atoms with Crippen LogP contribution >= 0.6 is 23.2 Å². The van der Waals surface area contributed by atoms with Crippen molar-refractivity contribution in [3.05, 3.63) is 33.8 Å². The highest BCUT2D eigenvalue weighted by Crippen LogP contribution is 2.28. The van der Waals surface area contributed by atoms with E-state index in [0.717, 1.165) is 12.1 Å². The Morgan fingerprint density at radius 1 is 1.32 bits per heavy atom. The molecule has 0 heterocycles. The van der Waals surface area contributed by atoms with Gasteiger partial charge in [0.15, 0.2) is 0 Å². The zero-order valence-corrected chi connectivity index (χ0v) is 12.1. The molecular formula is C13H17Cl2F2NO. The van der Waals surface area contributed by atoms with Gasteiger partial charge in [-0.2, -0.15) is 0 Å². The van der Waals surface area contributed by atoms with Crippen LogP contribution in [0.25, 0.3) is 0 Å². The second-order valence-corrected chi connectivity index (χ2v) is 4.87. The van der Waals surface area contributed by atoms with Gasteiger partial charge in [-0.05, 0) is 36.7 Å². The van der Waals surface area contributed by atoms with E-state index >= 15 is 0 Å². The summed E-state index contributed by atoms with van der Waals surface area (Å²) in [6.07, 6.45) is -1.88. The fourth-order valence-corrected chi connectivity index (χ4v) is 2.20. The van der Waals surface area contributed by atoms with Crippen molar-refractivity contribution in [3.8, 4) is 0 Å². The van der Waals surface area contributed by atoms with Crippen LogP contribution in [0.15, 0.2) is 18.2 Å². The topological polar surface area (TPSA) is 21.3 Å². The summed E-state index contributed by atoms with van der Waals surface area (Å²) in [5.74, 6) is 0. The maximum Gasteiger partial charge on any atom is 0.261 e. The summed E-state index contributed by atoms with van der Waals surface area (Å²) < 4.78 is 28.8. The fraction of sp³-hybridized carbons (Fsp3) is 0.538. The van der Waals surface area contributed by atoms with E-state index in [1.807, 2.05) is 6.92 Å². The first kappa shape index (κ1) is 16.6. The molecule has 1 N–H and O–H groups in total. The summed E-state index contributed by atoms with van der Waals surface area (Å²) in [5, 5.41) is 4.44. The van der Waals surface area contributed by atoms with Gasteiger partial charge in [0, 0.05) is 22.7 Å². The second-order valence-electron chi connectivity index (χ2n) is 4.03. The van der Waals surface area contributed by atoms with Crippen LogP contribution in [0.5, 0.6) is 0 Å². The standard InChI is InChI=1S/C13H17Cl2F2NO/c1-2-18-12(5-6-19-8-13(16)17)10-7-9(14)3-4-11(10)15/h3-4,7,12-13,18H,2,5-6,8H2,1H3. The van der Waals surface area contributed by atoms with Gasteiger partial charge in [-0.3, -0.25) is 0 Å². The second kappa shape index (κ2) is 8.69. The maximum atomic E-state index is 12.0. The zero-order valence-electron chi connectivity index (χ0n) is 10.6. The summed E-state index contributed by atoms with van der Waals surface area (Å²) in [5.41, 5.74) is 0.858. The summed E-state index contributed by atoms with van der Waals surface area (Å²) in [7, 11) is 0. The number of benzene rings is 1. The maximum absolute atomic E-state index is 12.0. The Kier molecular flexibility index (Phi) is 7.61.